The molecule has 2 heterocycles. The molecule has 1 aliphatic heterocycles. The van der Waals surface area contributed by atoms with Gasteiger partial charge in [0.15, 0.2) is 0 Å². The molecule has 0 aromatic carbocycles. The van der Waals surface area contributed by atoms with Crippen LogP contribution in [0.25, 0.3) is 0 Å². The van der Waals surface area contributed by atoms with Crippen LogP contribution in [0, 0.1) is 5.41 Å². The number of aromatic nitrogens is 2. The molecular weight excluding hydrogens is 202 g/mol. The highest BCUT2D eigenvalue weighted by atomic mass is 16.5. The van der Waals surface area contributed by atoms with E-state index in [1.165, 1.54) is 11.4 Å². The highest BCUT2D eigenvalue weighted by molar-refractivity contribution is 5.23. The van der Waals surface area contributed by atoms with Crippen molar-refractivity contribution in [1.29, 1.82) is 0 Å². The fourth-order valence-electron chi connectivity index (χ4n) is 2.58. The van der Waals surface area contributed by atoms with Gasteiger partial charge in [-0.2, -0.15) is 0 Å². The maximum absolute atomic E-state index is 5.32. The molecular formula is C12H21N3O. The van der Waals surface area contributed by atoms with E-state index in [0.717, 1.165) is 19.6 Å². The minimum atomic E-state index is 0.0811. The van der Waals surface area contributed by atoms with Crippen molar-refractivity contribution in [3.05, 3.63) is 17.7 Å². The van der Waals surface area contributed by atoms with Crippen LogP contribution in [0.4, 0.5) is 0 Å². The number of hydrogen-bond acceptors (Lipinski definition) is 3. The van der Waals surface area contributed by atoms with Gasteiger partial charge < -0.3 is 14.6 Å². The molecule has 16 heavy (non-hydrogen) atoms. The van der Waals surface area contributed by atoms with Crippen LogP contribution in [0.3, 0.4) is 0 Å². The number of nitrogens with one attached hydrogen (secondary N) is 1. The van der Waals surface area contributed by atoms with Gasteiger partial charge in [-0.05, 0) is 0 Å². The average molecular weight is 223 g/mol. The Balaban J connectivity index is 2.34. The summed E-state index contributed by atoms with van der Waals surface area (Å²) >= 11 is 0. The molecule has 0 spiro atoms. The molecule has 1 atom stereocenters. The monoisotopic (exact) mass is 223 g/mol. The molecule has 1 N–H and O–H groups in total. The van der Waals surface area contributed by atoms with E-state index >= 15 is 0 Å². The second-order valence-corrected chi connectivity index (χ2v) is 5.25. The Hall–Kier alpha value is -0.870. The van der Waals surface area contributed by atoms with E-state index in [9.17, 15) is 0 Å². The molecule has 0 radical (unpaired) electrons. The molecule has 0 saturated heterocycles. The number of nitrogens with zero attached hydrogens (tertiary/aromatic N) is 2. The number of rotatable bonds is 3. The first-order chi connectivity index (χ1) is 7.56. The summed E-state index contributed by atoms with van der Waals surface area (Å²) in [6.07, 6.45) is 2.93. The van der Waals surface area contributed by atoms with E-state index in [1.54, 1.807) is 7.11 Å². The predicted molar refractivity (Wildman–Crippen MR) is 63.3 cm³/mol. The molecule has 0 amide bonds. The van der Waals surface area contributed by atoms with Crippen molar-refractivity contribution in [2.75, 3.05) is 20.3 Å². The van der Waals surface area contributed by atoms with Crippen molar-refractivity contribution < 1.29 is 4.74 Å². The minimum Gasteiger partial charge on any atom is -0.384 e. The normalized spacial score (nSPS) is 20.9. The number of imidazole rings is 1. The van der Waals surface area contributed by atoms with Crippen LogP contribution in [-0.2, 0) is 18.2 Å². The van der Waals surface area contributed by atoms with Gasteiger partial charge in [-0.15, -0.1) is 0 Å². The fraction of sp³-hybridized carbons (Fsp3) is 0.750. The summed E-state index contributed by atoms with van der Waals surface area (Å²) in [4.78, 5) is 4.46. The Morgan fingerprint density at radius 1 is 1.62 bits per heavy atom. The van der Waals surface area contributed by atoms with Crippen LogP contribution in [0.1, 0.15) is 31.3 Å². The molecule has 2 rings (SSSR count). The maximum Gasteiger partial charge on any atom is 0.0949 e. The van der Waals surface area contributed by atoms with Gasteiger partial charge in [-0.3, -0.25) is 0 Å². The fourth-order valence-corrected chi connectivity index (χ4v) is 2.58. The molecule has 1 aliphatic rings. The second kappa shape index (κ2) is 4.18. The summed E-state index contributed by atoms with van der Waals surface area (Å²) in [7, 11) is 3.82. The largest absolute Gasteiger partial charge is 0.384 e. The molecule has 1 unspecified atom stereocenters. The molecule has 0 fully saturated rings. The molecule has 0 bridgehead atoms. The third kappa shape index (κ3) is 1.87. The number of aryl methyl sites for hydroxylation is 1. The zero-order chi connectivity index (χ0) is 11.8. The van der Waals surface area contributed by atoms with Crippen LogP contribution in [0.15, 0.2) is 6.33 Å². The minimum absolute atomic E-state index is 0.0811. The predicted octanol–water partition coefficient (Wildman–Crippen LogP) is 1.28. The standard InChI is InChI=1S/C12H21N3O/c1-12(2,7-16-4)11-10-9(5-6-13-11)14-8-15(10)3/h8,11,13H,5-7H2,1-4H3. The van der Waals surface area contributed by atoms with E-state index in [-0.39, 0.29) is 5.41 Å². The lowest BCUT2D eigenvalue weighted by Crippen LogP contribution is -2.42. The average Bonchev–Trinajstić information content (AvgIpc) is 2.60. The molecule has 0 aliphatic carbocycles. The van der Waals surface area contributed by atoms with Gasteiger partial charge in [0.1, 0.15) is 0 Å². The number of fused-ring (bicyclic) bond motifs is 1. The number of methoxy groups -OCH3 is 1. The zero-order valence-corrected chi connectivity index (χ0v) is 10.6. The first kappa shape index (κ1) is 11.6. The summed E-state index contributed by atoms with van der Waals surface area (Å²) in [5, 5.41) is 3.59. The molecule has 4 heteroatoms. The second-order valence-electron chi connectivity index (χ2n) is 5.25. The van der Waals surface area contributed by atoms with Crippen molar-refractivity contribution in [2.24, 2.45) is 12.5 Å². The molecule has 0 saturated carbocycles. The lowest BCUT2D eigenvalue weighted by atomic mass is 9.81. The first-order valence-corrected chi connectivity index (χ1v) is 5.78. The topological polar surface area (TPSA) is 39.1 Å². The van der Waals surface area contributed by atoms with Crippen LogP contribution < -0.4 is 5.32 Å². The van der Waals surface area contributed by atoms with Gasteiger partial charge in [0.05, 0.1) is 30.4 Å². The summed E-state index contributed by atoms with van der Waals surface area (Å²) in [5.74, 6) is 0. The Labute approximate surface area is 97.0 Å². The van der Waals surface area contributed by atoms with Crippen molar-refractivity contribution in [3.8, 4) is 0 Å². The molecule has 1 aromatic rings. The van der Waals surface area contributed by atoms with Crippen molar-refractivity contribution in [1.82, 2.24) is 14.9 Å². The molecule has 90 valence electrons. The summed E-state index contributed by atoms with van der Waals surface area (Å²) < 4.78 is 7.45. The van der Waals surface area contributed by atoms with Crippen molar-refractivity contribution >= 4 is 0 Å². The zero-order valence-electron chi connectivity index (χ0n) is 10.6. The summed E-state index contributed by atoms with van der Waals surface area (Å²) in [6.45, 7) is 6.21. The summed E-state index contributed by atoms with van der Waals surface area (Å²) in [6, 6.07) is 0.323. The summed E-state index contributed by atoms with van der Waals surface area (Å²) in [5.41, 5.74) is 2.63. The quantitative estimate of drug-likeness (QED) is 0.839. The Morgan fingerprint density at radius 2 is 2.38 bits per heavy atom. The van der Waals surface area contributed by atoms with E-state index in [2.05, 4.69) is 35.8 Å². The number of ether oxygens (including phenoxy) is 1. The van der Waals surface area contributed by atoms with Gasteiger partial charge in [0.25, 0.3) is 0 Å². The number of hydrogen-bond donors (Lipinski definition) is 1. The third-order valence-electron chi connectivity index (χ3n) is 3.34. The van der Waals surface area contributed by atoms with Gasteiger partial charge in [-0.25, -0.2) is 4.98 Å². The highest BCUT2D eigenvalue weighted by Crippen LogP contribution is 2.36. The van der Waals surface area contributed by atoms with Crippen LogP contribution >= 0.6 is 0 Å². The van der Waals surface area contributed by atoms with E-state index < -0.39 is 0 Å². The van der Waals surface area contributed by atoms with E-state index in [4.69, 9.17) is 4.74 Å². The smallest absolute Gasteiger partial charge is 0.0949 e. The van der Waals surface area contributed by atoms with Crippen LogP contribution in [0.5, 0.6) is 0 Å². The van der Waals surface area contributed by atoms with Crippen LogP contribution in [0.2, 0.25) is 0 Å². The van der Waals surface area contributed by atoms with Gasteiger partial charge in [-0.1, -0.05) is 13.8 Å². The lowest BCUT2D eigenvalue weighted by molar-refractivity contribution is 0.0699. The maximum atomic E-state index is 5.32. The van der Waals surface area contributed by atoms with Crippen LogP contribution in [-0.4, -0.2) is 29.8 Å². The van der Waals surface area contributed by atoms with Gasteiger partial charge in [0.2, 0.25) is 0 Å². The third-order valence-corrected chi connectivity index (χ3v) is 3.34. The SMILES string of the molecule is COCC(C)(C)C1NCCc2ncn(C)c21. The van der Waals surface area contributed by atoms with Crippen molar-refractivity contribution in [3.63, 3.8) is 0 Å². The lowest BCUT2D eigenvalue weighted by Gasteiger charge is -2.37. The van der Waals surface area contributed by atoms with Gasteiger partial charge in [0, 0.05) is 32.5 Å². The van der Waals surface area contributed by atoms with E-state index in [0.29, 0.717) is 6.04 Å². The van der Waals surface area contributed by atoms with Gasteiger partial charge >= 0.3 is 0 Å². The molecule has 4 nitrogen and oxygen atoms in total. The van der Waals surface area contributed by atoms with Crippen molar-refractivity contribution in [2.45, 2.75) is 26.3 Å². The Kier molecular flexibility index (Phi) is 3.04. The Morgan fingerprint density at radius 3 is 3.06 bits per heavy atom. The Bertz CT molecular complexity index is 370. The molecule has 1 aromatic heterocycles. The van der Waals surface area contributed by atoms with E-state index in [1.807, 2.05) is 6.33 Å². The highest BCUT2D eigenvalue weighted by Gasteiger charge is 2.36. The first-order valence-electron chi connectivity index (χ1n) is 5.78.